The highest BCUT2D eigenvalue weighted by atomic mass is 32.2. The average molecular weight is 281 g/mol. The van der Waals surface area contributed by atoms with Gasteiger partial charge >= 0.3 is 5.82 Å². The van der Waals surface area contributed by atoms with Crippen molar-refractivity contribution in [3.8, 4) is 0 Å². The maximum Gasteiger partial charge on any atom is 0.360 e. The van der Waals surface area contributed by atoms with Gasteiger partial charge in [-0.25, -0.2) is 13.4 Å². The van der Waals surface area contributed by atoms with Crippen LogP contribution in [-0.2, 0) is 9.84 Å². The molecule has 1 aromatic carbocycles. The molecule has 0 unspecified atom stereocenters. The van der Waals surface area contributed by atoms with Gasteiger partial charge in [0.1, 0.15) is 0 Å². The van der Waals surface area contributed by atoms with Crippen LogP contribution in [0, 0.1) is 24.0 Å². The Labute approximate surface area is 109 Å². The van der Waals surface area contributed by atoms with Crippen LogP contribution >= 0.6 is 0 Å². The van der Waals surface area contributed by atoms with E-state index in [1.807, 2.05) is 6.92 Å². The maximum atomic E-state index is 12.3. The van der Waals surface area contributed by atoms with E-state index in [0.29, 0.717) is 0 Å². The second-order valence-corrected chi connectivity index (χ2v) is 5.91. The monoisotopic (exact) mass is 281 g/mol. The number of imidazole rings is 1. The summed E-state index contributed by atoms with van der Waals surface area (Å²) in [4.78, 5) is 16.1. The highest BCUT2D eigenvalue weighted by Crippen LogP contribution is 2.27. The molecular weight excluding hydrogens is 270 g/mol. The first-order chi connectivity index (χ1) is 8.82. The second kappa shape index (κ2) is 4.47. The summed E-state index contributed by atoms with van der Waals surface area (Å²) in [5.74, 6) is -0.435. The number of hydrogen-bond donors (Lipinski definition) is 1. The van der Waals surface area contributed by atoms with E-state index in [9.17, 15) is 18.5 Å². The molecule has 2 aromatic rings. The number of aromatic amines is 1. The Kier molecular flexibility index (Phi) is 3.11. The van der Waals surface area contributed by atoms with Gasteiger partial charge in [-0.3, -0.25) is 0 Å². The minimum atomic E-state index is -3.99. The Bertz CT molecular complexity index is 732. The molecule has 0 aliphatic heterocycles. The summed E-state index contributed by atoms with van der Waals surface area (Å²) < 4.78 is 24.6. The molecule has 8 heteroatoms. The van der Waals surface area contributed by atoms with Crippen molar-refractivity contribution in [2.24, 2.45) is 0 Å². The number of aryl methyl sites for hydroxylation is 2. The molecule has 19 heavy (non-hydrogen) atoms. The van der Waals surface area contributed by atoms with Gasteiger partial charge in [-0.1, -0.05) is 17.7 Å². The zero-order valence-corrected chi connectivity index (χ0v) is 11.1. The molecule has 0 aliphatic rings. The van der Waals surface area contributed by atoms with Crippen molar-refractivity contribution in [3.63, 3.8) is 0 Å². The van der Waals surface area contributed by atoms with Gasteiger partial charge in [0.25, 0.3) is 5.03 Å². The van der Waals surface area contributed by atoms with E-state index in [1.165, 1.54) is 19.1 Å². The number of sulfone groups is 1. The van der Waals surface area contributed by atoms with E-state index in [2.05, 4.69) is 9.97 Å². The van der Waals surface area contributed by atoms with Crippen molar-refractivity contribution < 1.29 is 13.3 Å². The lowest BCUT2D eigenvalue weighted by molar-refractivity contribution is -0.392. The number of rotatable bonds is 3. The molecule has 0 saturated heterocycles. The summed E-state index contributed by atoms with van der Waals surface area (Å²) in [7, 11) is -3.99. The van der Waals surface area contributed by atoms with Crippen LogP contribution in [0.25, 0.3) is 0 Å². The summed E-state index contributed by atoms with van der Waals surface area (Å²) in [5.41, 5.74) is 0.895. The molecule has 0 fully saturated rings. The highest BCUT2D eigenvalue weighted by molar-refractivity contribution is 7.91. The summed E-state index contributed by atoms with van der Waals surface area (Å²) in [6.07, 6.45) is 0. The standard InChI is InChI=1S/C11H11N3O4S/c1-7-3-5-9(6-4-7)19(17,18)11-10(14(15)16)12-8(2)13-11/h3-6H,1-2H3,(H,12,13). The summed E-state index contributed by atoms with van der Waals surface area (Å²) in [5, 5.41) is 10.3. The van der Waals surface area contributed by atoms with Gasteiger partial charge in [0.05, 0.1) is 4.90 Å². The van der Waals surface area contributed by atoms with Crippen molar-refractivity contribution in [1.29, 1.82) is 0 Å². The van der Waals surface area contributed by atoms with Gasteiger partial charge < -0.3 is 10.1 Å². The summed E-state index contributed by atoms with van der Waals surface area (Å²) in [6.45, 7) is 3.28. The fourth-order valence-corrected chi connectivity index (χ4v) is 2.95. The predicted molar refractivity (Wildman–Crippen MR) is 66.6 cm³/mol. The number of benzene rings is 1. The SMILES string of the molecule is Cc1ccc(S(=O)(=O)c2nc(C)[nH]c2[N+](=O)[O-])cc1. The van der Waals surface area contributed by atoms with Gasteiger partial charge in [-0.05, 0) is 24.0 Å². The highest BCUT2D eigenvalue weighted by Gasteiger charge is 2.31. The first kappa shape index (κ1) is 13.2. The number of nitro groups is 1. The van der Waals surface area contributed by atoms with E-state index >= 15 is 0 Å². The zero-order chi connectivity index (χ0) is 14.2. The molecule has 0 atom stereocenters. The molecule has 0 aliphatic carbocycles. The Morgan fingerprint density at radius 2 is 1.79 bits per heavy atom. The number of nitrogens with zero attached hydrogens (tertiary/aromatic N) is 2. The predicted octanol–water partition coefficient (Wildman–Crippen LogP) is 1.77. The largest absolute Gasteiger partial charge is 0.360 e. The van der Waals surface area contributed by atoms with E-state index < -0.39 is 25.6 Å². The summed E-state index contributed by atoms with van der Waals surface area (Å²) >= 11 is 0. The lowest BCUT2D eigenvalue weighted by atomic mass is 10.2. The Hall–Kier alpha value is -2.22. The van der Waals surface area contributed by atoms with Crippen molar-refractivity contribution in [3.05, 3.63) is 45.8 Å². The van der Waals surface area contributed by atoms with E-state index in [0.717, 1.165) is 5.56 Å². The van der Waals surface area contributed by atoms with E-state index in [-0.39, 0.29) is 10.7 Å². The third-order valence-corrected chi connectivity index (χ3v) is 4.23. The molecule has 0 spiro atoms. The zero-order valence-electron chi connectivity index (χ0n) is 10.2. The number of hydrogen-bond acceptors (Lipinski definition) is 5. The van der Waals surface area contributed by atoms with Crippen LogP contribution in [0.15, 0.2) is 34.2 Å². The quantitative estimate of drug-likeness (QED) is 0.681. The van der Waals surface area contributed by atoms with Crippen LogP contribution in [0.4, 0.5) is 5.82 Å². The molecule has 2 rings (SSSR count). The van der Waals surface area contributed by atoms with Crippen molar-refractivity contribution in [2.75, 3.05) is 0 Å². The van der Waals surface area contributed by atoms with Crippen LogP contribution in [0.1, 0.15) is 11.4 Å². The van der Waals surface area contributed by atoms with Gasteiger partial charge in [0, 0.05) is 6.92 Å². The molecule has 1 N–H and O–H groups in total. The van der Waals surface area contributed by atoms with E-state index in [1.54, 1.807) is 12.1 Å². The third-order valence-electron chi connectivity index (χ3n) is 2.54. The fraction of sp³-hybridized carbons (Fsp3) is 0.182. The van der Waals surface area contributed by atoms with Crippen LogP contribution in [-0.4, -0.2) is 23.3 Å². The molecule has 0 amide bonds. The molecule has 0 bridgehead atoms. The molecule has 7 nitrogen and oxygen atoms in total. The molecule has 0 saturated carbocycles. The molecular formula is C11H11N3O4S. The number of H-pyrrole nitrogens is 1. The Morgan fingerprint density at radius 3 is 2.32 bits per heavy atom. The van der Waals surface area contributed by atoms with Crippen LogP contribution < -0.4 is 0 Å². The van der Waals surface area contributed by atoms with Crippen LogP contribution in [0.3, 0.4) is 0 Å². The normalized spacial score (nSPS) is 11.5. The maximum absolute atomic E-state index is 12.3. The van der Waals surface area contributed by atoms with Crippen LogP contribution in [0.5, 0.6) is 0 Å². The molecule has 1 heterocycles. The summed E-state index contributed by atoms with van der Waals surface area (Å²) in [6, 6.07) is 6.05. The van der Waals surface area contributed by atoms with Crippen molar-refractivity contribution >= 4 is 15.7 Å². The fourth-order valence-electron chi connectivity index (χ4n) is 1.60. The topological polar surface area (TPSA) is 106 Å². The van der Waals surface area contributed by atoms with Crippen LogP contribution in [0.2, 0.25) is 0 Å². The Balaban J connectivity index is 2.63. The van der Waals surface area contributed by atoms with Gasteiger partial charge in [0.2, 0.25) is 9.84 Å². The first-order valence-electron chi connectivity index (χ1n) is 5.35. The van der Waals surface area contributed by atoms with Gasteiger partial charge in [-0.15, -0.1) is 0 Å². The van der Waals surface area contributed by atoms with E-state index in [4.69, 9.17) is 0 Å². The molecule has 1 aromatic heterocycles. The lowest BCUT2D eigenvalue weighted by Crippen LogP contribution is -2.05. The Morgan fingerprint density at radius 1 is 1.21 bits per heavy atom. The smallest absolute Gasteiger partial charge is 0.358 e. The minimum Gasteiger partial charge on any atom is -0.358 e. The van der Waals surface area contributed by atoms with Crippen molar-refractivity contribution in [2.45, 2.75) is 23.8 Å². The van der Waals surface area contributed by atoms with Gasteiger partial charge in [0.15, 0.2) is 5.82 Å². The first-order valence-corrected chi connectivity index (χ1v) is 6.83. The minimum absolute atomic E-state index is 0.0206. The molecule has 0 radical (unpaired) electrons. The molecule has 100 valence electrons. The van der Waals surface area contributed by atoms with Gasteiger partial charge in [-0.2, -0.15) is 4.98 Å². The number of nitrogens with one attached hydrogen (secondary N) is 1. The average Bonchev–Trinajstić information content (AvgIpc) is 2.73. The second-order valence-electron chi connectivity index (χ2n) is 4.05. The number of aromatic nitrogens is 2. The lowest BCUT2D eigenvalue weighted by Gasteiger charge is -2.02. The third kappa shape index (κ3) is 2.34. The van der Waals surface area contributed by atoms with Crippen molar-refractivity contribution in [1.82, 2.24) is 9.97 Å².